The van der Waals surface area contributed by atoms with Gasteiger partial charge >= 0.3 is 0 Å². The van der Waals surface area contributed by atoms with Gasteiger partial charge in [-0.25, -0.2) is 27.2 Å². The van der Waals surface area contributed by atoms with Gasteiger partial charge < -0.3 is 9.88 Å². The second kappa shape index (κ2) is 8.52. The molecule has 0 fully saturated rings. The summed E-state index contributed by atoms with van der Waals surface area (Å²) < 4.78 is 55.2. The van der Waals surface area contributed by atoms with Gasteiger partial charge in [0.2, 0.25) is 0 Å². The van der Waals surface area contributed by atoms with Gasteiger partial charge in [-0.15, -0.1) is 0 Å². The zero-order chi connectivity index (χ0) is 21.8. The molecule has 2 aromatic carbocycles. The maximum absolute atomic E-state index is 13.3. The lowest BCUT2D eigenvalue weighted by molar-refractivity contribution is 0.509. The van der Waals surface area contributed by atoms with Crippen LogP contribution in [0.3, 0.4) is 0 Å². The van der Waals surface area contributed by atoms with Gasteiger partial charge in [-0.1, -0.05) is 12.1 Å². The highest BCUT2D eigenvalue weighted by Gasteiger charge is 2.16. The summed E-state index contributed by atoms with van der Waals surface area (Å²) in [5.41, 5.74) is 1.92. The van der Waals surface area contributed by atoms with Gasteiger partial charge in [0, 0.05) is 36.9 Å². The quantitative estimate of drug-likeness (QED) is 0.453. The van der Waals surface area contributed by atoms with Gasteiger partial charge in [-0.2, -0.15) is 0 Å². The highest BCUT2D eigenvalue weighted by atomic mass is 32.2. The fourth-order valence-corrected chi connectivity index (χ4v) is 3.80. The summed E-state index contributed by atoms with van der Waals surface area (Å²) in [7, 11) is -3.99. The maximum atomic E-state index is 13.3. The Labute approximate surface area is 177 Å². The van der Waals surface area contributed by atoms with Crippen LogP contribution < -0.4 is 10.0 Å². The first-order valence-electron chi connectivity index (χ1n) is 9.16. The Kier molecular flexibility index (Phi) is 5.63. The number of hydrogen-bond donors (Lipinski definition) is 2. The molecule has 0 aliphatic carbocycles. The van der Waals surface area contributed by atoms with Crippen molar-refractivity contribution in [2.75, 3.05) is 10.0 Å². The van der Waals surface area contributed by atoms with E-state index < -0.39 is 21.7 Å². The third-order valence-electron chi connectivity index (χ3n) is 4.43. The molecule has 0 atom stereocenters. The van der Waals surface area contributed by atoms with E-state index in [1.807, 2.05) is 35.0 Å². The summed E-state index contributed by atoms with van der Waals surface area (Å²) in [6.07, 6.45) is 6.47. The van der Waals surface area contributed by atoms with Crippen molar-refractivity contribution < 1.29 is 17.2 Å². The normalized spacial score (nSPS) is 11.3. The number of aromatic nitrogens is 3. The lowest BCUT2D eigenvalue weighted by Crippen LogP contribution is -2.13. The molecule has 0 spiro atoms. The number of nitrogens with zero attached hydrogens (tertiary/aromatic N) is 3. The summed E-state index contributed by atoms with van der Waals surface area (Å²) in [4.78, 5) is 8.03. The fourth-order valence-electron chi connectivity index (χ4n) is 2.81. The smallest absolute Gasteiger partial charge is 0.263 e. The molecular formula is C21H17F2N5O2S. The van der Waals surface area contributed by atoms with Gasteiger partial charge in [0.25, 0.3) is 10.0 Å². The number of nitrogens with one attached hydrogen (secondary N) is 2. The molecule has 31 heavy (non-hydrogen) atoms. The van der Waals surface area contributed by atoms with Crippen LogP contribution in [0.1, 0.15) is 5.56 Å². The molecule has 0 saturated heterocycles. The molecule has 0 radical (unpaired) electrons. The van der Waals surface area contributed by atoms with E-state index in [1.54, 1.807) is 12.5 Å². The van der Waals surface area contributed by atoms with Crippen LogP contribution in [-0.4, -0.2) is 23.0 Å². The number of anilines is 2. The number of pyridine rings is 1. The molecule has 0 saturated carbocycles. The molecule has 0 aliphatic heterocycles. The van der Waals surface area contributed by atoms with E-state index >= 15 is 0 Å². The van der Waals surface area contributed by atoms with Gasteiger partial charge in [-0.3, -0.25) is 4.72 Å². The molecule has 4 rings (SSSR count). The number of hydrogen-bond acceptors (Lipinski definition) is 5. The number of halogens is 2. The highest BCUT2D eigenvalue weighted by molar-refractivity contribution is 7.92. The maximum Gasteiger partial charge on any atom is 0.263 e. The van der Waals surface area contributed by atoms with Crippen LogP contribution in [0.2, 0.25) is 0 Å². The number of sulfonamides is 1. The van der Waals surface area contributed by atoms with Gasteiger partial charge in [0.05, 0.1) is 12.0 Å². The van der Waals surface area contributed by atoms with Crippen molar-refractivity contribution in [2.24, 2.45) is 0 Å². The van der Waals surface area contributed by atoms with Crippen LogP contribution in [0.15, 0.2) is 84.4 Å². The first-order chi connectivity index (χ1) is 14.9. The topological polar surface area (TPSA) is 88.9 Å². The van der Waals surface area contributed by atoms with Crippen molar-refractivity contribution in [3.05, 3.63) is 96.7 Å². The summed E-state index contributed by atoms with van der Waals surface area (Å²) >= 11 is 0. The molecule has 7 nitrogen and oxygen atoms in total. The Bertz CT molecular complexity index is 1280. The molecule has 2 heterocycles. The Morgan fingerprint density at radius 3 is 2.42 bits per heavy atom. The largest absolute Gasteiger partial charge is 0.366 e. The van der Waals surface area contributed by atoms with Crippen molar-refractivity contribution in [2.45, 2.75) is 11.4 Å². The van der Waals surface area contributed by atoms with Crippen LogP contribution in [0.5, 0.6) is 0 Å². The number of benzene rings is 2. The van der Waals surface area contributed by atoms with Crippen LogP contribution in [-0.2, 0) is 16.6 Å². The van der Waals surface area contributed by atoms with E-state index in [0.717, 1.165) is 29.4 Å². The van der Waals surface area contributed by atoms with Gasteiger partial charge in [-0.05, 0) is 42.0 Å². The van der Waals surface area contributed by atoms with Crippen LogP contribution >= 0.6 is 0 Å². The highest BCUT2D eigenvalue weighted by Crippen LogP contribution is 2.19. The molecule has 0 bridgehead atoms. The molecule has 0 aliphatic rings. The molecule has 10 heteroatoms. The van der Waals surface area contributed by atoms with E-state index in [9.17, 15) is 17.2 Å². The van der Waals surface area contributed by atoms with Crippen molar-refractivity contribution in [1.82, 2.24) is 14.5 Å². The third kappa shape index (κ3) is 4.86. The predicted molar refractivity (Wildman–Crippen MR) is 112 cm³/mol. The van der Waals surface area contributed by atoms with Crippen molar-refractivity contribution in [1.29, 1.82) is 0 Å². The third-order valence-corrected chi connectivity index (χ3v) is 5.80. The Morgan fingerprint density at radius 2 is 1.77 bits per heavy atom. The second-order valence-corrected chi connectivity index (χ2v) is 8.29. The number of rotatable bonds is 7. The molecule has 0 unspecified atom stereocenters. The van der Waals surface area contributed by atoms with E-state index in [4.69, 9.17) is 0 Å². The summed E-state index contributed by atoms with van der Waals surface area (Å²) in [6, 6.07) is 13.5. The Balaban J connectivity index is 1.39. The minimum absolute atomic E-state index is 0.0831. The van der Waals surface area contributed by atoms with Crippen LogP contribution in [0.25, 0.3) is 5.69 Å². The van der Waals surface area contributed by atoms with Crippen molar-refractivity contribution in [3.8, 4) is 5.69 Å². The first-order valence-corrected chi connectivity index (χ1v) is 10.6. The lowest BCUT2D eigenvalue weighted by Gasteiger charge is -2.10. The Hall–Kier alpha value is -3.79. The zero-order valence-electron chi connectivity index (χ0n) is 16.0. The number of imidazole rings is 1. The van der Waals surface area contributed by atoms with E-state index in [-0.39, 0.29) is 10.6 Å². The van der Waals surface area contributed by atoms with Crippen molar-refractivity contribution >= 4 is 21.5 Å². The molecule has 0 amide bonds. The van der Waals surface area contributed by atoms with E-state index in [0.29, 0.717) is 12.4 Å². The average Bonchev–Trinajstić information content (AvgIpc) is 3.30. The van der Waals surface area contributed by atoms with Crippen molar-refractivity contribution in [3.63, 3.8) is 0 Å². The van der Waals surface area contributed by atoms with Crippen LogP contribution in [0, 0.1) is 11.6 Å². The van der Waals surface area contributed by atoms with Crippen LogP contribution in [0.4, 0.5) is 20.3 Å². The van der Waals surface area contributed by atoms with E-state index in [1.165, 1.54) is 18.3 Å². The van der Waals surface area contributed by atoms with Gasteiger partial charge in [0.1, 0.15) is 10.7 Å². The summed E-state index contributed by atoms with van der Waals surface area (Å²) in [6.45, 7) is 0.496. The fraction of sp³-hybridized carbons (Fsp3) is 0.0476. The monoisotopic (exact) mass is 441 g/mol. The first kappa shape index (κ1) is 20.5. The Morgan fingerprint density at radius 1 is 0.968 bits per heavy atom. The SMILES string of the molecule is O=S(=O)(Nc1ccc(F)c(F)c1)c1ccc(NCc2ccc(-n3ccnc3)cc2)nc1. The predicted octanol–water partition coefficient (Wildman–Crippen LogP) is 3.96. The molecule has 2 N–H and O–H groups in total. The minimum Gasteiger partial charge on any atom is -0.366 e. The summed E-state index contributed by atoms with van der Waals surface area (Å²) in [5.74, 6) is -1.71. The lowest BCUT2D eigenvalue weighted by atomic mass is 10.2. The minimum atomic E-state index is -3.99. The second-order valence-electron chi connectivity index (χ2n) is 6.60. The summed E-state index contributed by atoms with van der Waals surface area (Å²) in [5, 5.41) is 3.12. The van der Waals surface area contributed by atoms with E-state index in [2.05, 4.69) is 20.0 Å². The standard InChI is InChI=1S/C21H17F2N5O2S/c22-19-7-3-16(11-20(19)23)27-31(29,30)18-6-8-21(26-13-18)25-12-15-1-4-17(5-2-15)28-10-9-24-14-28/h1-11,13-14,27H,12H2,(H,25,26). The molecular weight excluding hydrogens is 424 g/mol. The molecule has 158 valence electrons. The molecule has 2 aromatic heterocycles. The molecule has 4 aromatic rings. The zero-order valence-corrected chi connectivity index (χ0v) is 16.9. The average molecular weight is 441 g/mol. The van der Waals surface area contributed by atoms with Gasteiger partial charge in [0.15, 0.2) is 11.6 Å².